The van der Waals surface area contributed by atoms with Gasteiger partial charge >= 0.3 is 0 Å². The largest absolute Gasteiger partial charge is 0.453 e. The van der Waals surface area contributed by atoms with E-state index in [-0.39, 0.29) is 5.69 Å². The minimum atomic E-state index is -0.470. The Balaban J connectivity index is 1.94. The fourth-order valence-electron chi connectivity index (χ4n) is 2.54. The highest BCUT2D eigenvalue weighted by molar-refractivity contribution is 7.80. The van der Waals surface area contributed by atoms with Crippen molar-refractivity contribution >= 4 is 34.5 Å². The maximum absolute atomic E-state index is 11.2. The molecule has 0 radical (unpaired) electrons. The van der Waals surface area contributed by atoms with Crippen molar-refractivity contribution in [1.29, 1.82) is 0 Å². The Labute approximate surface area is 137 Å². The van der Waals surface area contributed by atoms with E-state index in [0.717, 1.165) is 25.9 Å². The number of nitrogens with zero attached hydrogens (tertiary/aromatic N) is 2. The summed E-state index contributed by atoms with van der Waals surface area (Å²) < 4.78 is 5.74. The zero-order chi connectivity index (χ0) is 15.7. The summed E-state index contributed by atoms with van der Waals surface area (Å²) in [6, 6.07) is 7.97. The van der Waals surface area contributed by atoms with Gasteiger partial charge in [0.25, 0.3) is 5.69 Å². The summed E-state index contributed by atoms with van der Waals surface area (Å²) in [7, 11) is 0. The smallest absolute Gasteiger partial charge is 0.281 e. The predicted molar refractivity (Wildman–Crippen MR) is 88.3 cm³/mol. The molecule has 2 aromatic rings. The summed E-state index contributed by atoms with van der Waals surface area (Å²) in [6.45, 7) is 1.85. The molecule has 114 valence electrons. The third kappa shape index (κ3) is 2.84. The van der Waals surface area contributed by atoms with Gasteiger partial charge in [-0.2, -0.15) is 0 Å². The molecule has 0 spiro atoms. The van der Waals surface area contributed by atoms with Crippen LogP contribution in [0.3, 0.4) is 0 Å². The van der Waals surface area contributed by atoms with E-state index in [4.69, 9.17) is 28.2 Å². The molecule has 0 atom stereocenters. The van der Waals surface area contributed by atoms with Crippen molar-refractivity contribution < 1.29 is 9.34 Å². The highest BCUT2D eigenvalue weighted by Gasteiger charge is 2.22. The summed E-state index contributed by atoms with van der Waals surface area (Å²) in [4.78, 5) is 13.4. The second-order valence-electron chi connectivity index (χ2n) is 5.08. The lowest BCUT2D eigenvalue weighted by Gasteiger charge is -2.16. The van der Waals surface area contributed by atoms with Gasteiger partial charge in [0.15, 0.2) is 5.76 Å². The number of rotatable bonds is 3. The van der Waals surface area contributed by atoms with Crippen LogP contribution in [0, 0.1) is 10.1 Å². The van der Waals surface area contributed by atoms with Gasteiger partial charge in [-0.15, -0.1) is 0 Å². The Kier molecular flexibility index (Phi) is 4.13. The molecule has 0 amide bonds. The molecule has 2 heterocycles. The molecule has 1 aromatic carbocycles. The summed E-state index contributed by atoms with van der Waals surface area (Å²) in [5.74, 6) is 0.982. The Bertz CT molecular complexity index is 738. The van der Waals surface area contributed by atoms with Crippen LogP contribution in [0.5, 0.6) is 0 Å². The van der Waals surface area contributed by atoms with Gasteiger partial charge in [0.05, 0.1) is 10.5 Å². The molecule has 7 heteroatoms. The minimum Gasteiger partial charge on any atom is -0.453 e. The molecule has 1 saturated heterocycles. The molecule has 1 aromatic heterocycles. The van der Waals surface area contributed by atoms with E-state index in [9.17, 15) is 10.1 Å². The highest BCUT2D eigenvalue weighted by atomic mass is 35.5. The molecule has 1 aliphatic heterocycles. The van der Waals surface area contributed by atoms with Crippen molar-refractivity contribution in [3.8, 4) is 11.3 Å². The summed E-state index contributed by atoms with van der Waals surface area (Å²) in [5.41, 5.74) is 0.311. The fraction of sp³-hybridized carbons (Fsp3) is 0.267. The lowest BCUT2D eigenvalue weighted by molar-refractivity contribution is -0.384. The van der Waals surface area contributed by atoms with E-state index in [1.807, 2.05) is 0 Å². The lowest BCUT2D eigenvalue weighted by atomic mass is 10.1. The van der Waals surface area contributed by atoms with Crippen LogP contribution in [-0.4, -0.2) is 27.9 Å². The van der Waals surface area contributed by atoms with Crippen molar-refractivity contribution in [2.45, 2.75) is 12.8 Å². The van der Waals surface area contributed by atoms with Crippen LogP contribution in [0.25, 0.3) is 11.3 Å². The van der Waals surface area contributed by atoms with Crippen molar-refractivity contribution in [2.75, 3.05) is 13.1 Å². The molecule has 22 heavy (non-hydrogen) atoms. The van der Waals surface area contributed by atoms with Crippen molar-refractivity contribution in [3.05, 3.63) is 51.2 Å². The number of thiocarbonyl (C=S) groups is 1. The van der Waals surface area contributed by atoms with Crippen LogP contribution in [0.4, 0.5) is 5.69 Å². The number of hydrogen-bond acceptors (Lipinski definition) is 4. The standard InChI is InChI=1S/C15H13ClN2O3S/c16-10-3-4-11(12(9-10)18(19)20)13-5-6-14(21-13)15(22)17-7-1-2-8-17/h3-6,9H,1-2,7-8H2. The molecule has 5 nitrogen and oxygen atoms in total. The summed E-state index contributed by atoms with van der Waals surface area (Å²) in [5, 5.41) is 11.5. The zero-order valence-corrected chi connectivity index (χ0v) is 13.2. The van der Waals surface area contributed by atoms with Crippen LogP contribution in [0.2, 0.25) is 5.02 Å². The molecule has 0 unspecified atom stereocenters. The van der Waals surface area contributed by atoms with Gasteiger partial charge in [-0.25, -0.2) is 0 Å². The SMILES string of the molecule is O=[N+]([O-])c1cc(Cl)ccc1-c1ccc(C(=S)N2CCCC2)o1. The molecule has 0 saturated carbocycles. The number of likely N-dealkylation sites (tertiary alicyclic amines) is 1. The van der Waals surface area contributed by atoms with Gasteiger partial charge in [0.2, 0.25) is 0 Å². The van der Waals surface area contributed by atoms with Gasteiger partial charge in [0.1, 0.15) is 10.7 Å². The van der Waals surface area contributed by atoms with E-state index < -0.39 is 4.92 Å². The van der Waals surface area contributed by atoms with Crippen LogP contribution < -0.4 is 0 Å². The van der Waals surface area contributed by atoms with Crippen molar-refractivity contribution in [3.63, 3.8) is 0 Å². The average molecular weight is 337 g/mol. The van der Waals surface area contributed by atoms with E-state index >= 15 is 0 Å². The average Bonchev–Trinajstić information content (AvgIpc) is 3.18. The zero-order valence-electron chi connectivity index (χ0n) is 11.6. The summed E-state index contributed by atoms with van der Waals surface area (Å²) >= 11 is 11.3. The first-order valence-corrected chi connectivity index (χ1v) is 7.68. The number of hydrogen-bond donors (Lipinski definition) is 0. The maximum atomic E-state index is 11.2. The van der Waals surface area contributed by atoms with E-state index in [2.05, 4.69) is 4.90 Å². The first-order valence-electron chi connectivity index (χ1n) is 6.89. The fourth-order valence-corrected chi connectivity index (χ4v) is 3.00. The molecule has 0 bridgehead atoms. The van der Waals surface area contributed by atoms with Crippen LogP contribution in [-0.2, 0) is 0 Å². The second kappa shape index (κ2) is 6.06. The Morgan fingerprint density at radius 1 is 1.27 bits per heavy atom. The molecule has 1 aliphatic rings. The normalized spacial score (nSPS) is 14.3. The lowest BCUT2D eigenvalue weighted by Crippen LogP contribution is -2.26. The minimum absolute atomic E-state index is 0.0829. The van der Waals surface area contributed by atoms with Gasteiger partial charge in [0, 0.05) is 24.2 Å². The Hall–Kier alpha value is -1.92. The number of benzene rings is 1. The maximum Gasteiger partial charge on any atom is 0.281 e. The van der Waals surface area contributed by atoms with Gasteiger partial charge in [-0.05, 0) is 37.1 Å². The molecule has 3 rings (SSSR count). The topological polar surface area (TPSA) is 59.5 Å². The Morgan fingerprint density at radius 2 is 2.00 bits per heavy atom. The number of furan rings is 1. The predicted octanol–water partition coefficient (Wildman–Crippen LogP) is 4.28. The van der Waals surface area contributed by atoms with Crippen molar-refractivity contribution in [1.82, 2.24) is 4.90 Å². The monoisotopic (exact) mass is 336 g/mol. The quantitative estimate of drug-likeness (QED) is 0.475. The molecule has 0 aliphatic carbocycles. The van der Waals surface area contributed by atoms with Crippen LogP contribution >= 0.6 is 23.8 Å². The summed E-state index contributed by atoms with van der Waals surface area (Å²) in [6.07, 6.45) is 2.24. The van der Waals surface area contributed by atoms with Crippen LogP contribution in [0.1, 0.15) is 18.6 Å². The van der Waals surface area contributed by atoms with Crippen molar-refractivity contribution in [2.24, 2.45) is 0 Å². The van der Waals surface area contributed by atoms with Gasteiger partial charge in [-0.1, -0.05) is 23.8 Å². The molecule has 1 fully saturated rings. The first-order chi connectivity index (χ1) is 10.6. The van der Waals surface area contributed by atoms with E-state index in [1.54, 1.807) is 24.3 Å². The number of nitro groups is 1. The Morgan fingerprint density at radius 3 is 2.68 bits per heavy atom. The number of halogens is 1. The molecule has 0 N–H and O–H groups in total. The highest BCUT2D eigenvalue weighted by Crippen LogP contribution is 2.33. The molecular formula is C15H13ClN2O3S. The van der Waals surface area contributed by atoms with Crippen LogP contribution in [0.15, 0.2) is 34.7 Å². The van der Waals surface area contributed by atoms with Gasteiger partial charge in [-0.3, -0.25) is 10.1 Å². The van der Waals surface area contributed by atoms with E-state index in [0.29, 0.717) is 27.1 Å². The third-order valence-corrected chi connectivity index (χ3v) is 4.33. The first kappa shape index (κ1) is 15.0. The van der Waals surface area contributed by atoms with E-state index in [1.165, 1.54) is 6.07 Å². The third-order valence-electron chi connectivity index (χ3n) is 3.63. The number of nitro benzene ring substituents is 1. The second-order valence-corrected chi connectivity index (χ2v) is 5.90. The molecular weight excluding hydrogens is 324 g/mol. The van der Waals surface area contributed by atoms with Gasteiger partial charge < -0.3 is 9.32 Å².